The maximum absolute atomic E-state index is 6.69. The Morgan fingerprint density at radius 3 is 2.51 bits per heavy atom. The molecule has 0 spiro atoms. The van der Waals surface area contributed by atoms with E-state index in [1.807, 2.05) is 19.2 Å². The number of fused-ring (bicyclic) bond motifs is 1. The summed E-state index contributed by atoms with van der Waals surface area (Å²) < 4.78 is 0. The number of nitrogens with zero attached hydrogens (tertiary/aromatic N) is 4. The molecule has 182 valence electrons. The lowest BCUT2D eigenvalue weighted by Crippen LogP contribution is -2.44. The molecule has 0 amide bonds. The Morgan fingerprint density at radius 2 is 1.80 bits per heavy atom. The van der Waals surface area contributed by atoms with Crippen LogP contribution in [0.1, 0.15) is 44.2 Å². The summed E-state index contributed by atoms with van der Waals surface area (Å²) >= 11 is 6.69. The third-order valence-corrected chi connectivity index (χ3v) is 7.11. The van der Waals surface area contributed by atoms with Crippen molar-refractivity contribution in [2.45, 2.75) is 40.0 Å². The van der Waals surface area contributed by atoms with Gasteiger partial charge in [-0.15, -0.1) is 0 Å². The van der Waals surface area contributed by atoms with E-state index >= 15 is 0 Å². The summed E-state index contributed by atoms with van der Waals surface area (Å²) in [7, 11) is 0. The summed E-state index contributed by atoms with van der Waals surface area (Å²) in [4.78, 5) is 14.2. The summed E-state index contributed by atoms with van der Waals surface area (Å²) in [5.41, 5.74) is 8.17. The minimum Gasteiger partial charge on any atom is -0.372 e. The van der Waals surface area contributed by atoms with Crippen LogP contribution in [-0.4, -0.2) is 47.2 Å². The van der Waals surface area contributed by atoms with Crippen LogP contribution in [0.15, 0.2) is 66.3 Å². The van der Waals surface area contributed by atoms with E-state index in [0.717, 1.165) is 77.3 Å². The molecular weight excluding hydrogens is 452 g/mol. The van der Waals surface area contributed by atoms with Crippen LogP contribution < -0.4 is 0 Å². The Hall–Kier alpha value is -3.11. The molecule has 4 rings (SSSR count). The Morgan fingerprint density at radius 1 is 1.06 bits per heavy atom. The van der Waals surface area contributed by atoms with Crippen molar-refractivity contribution < 1.29 is 0 Å². The number of halogens is 1. The van der Waals surface area contributed by atoms with E-state index < -0.39 is 0 Å². The fraction of sp³-hybridized carbons (Fsp3) is 0.333. The average Bonchev–Trinajstić information content (AvgIpc) is 2.88. The number of allylic oxidation sites excluding steroid dienone is 1. The Balaban J connectivity index is 1.56. The standard InChI is InChI=1S/C30H35ClN4/c1-6-8-9-22(4)34-14-16-35(17-15-34)23(5)24-12-13-26-27(31)20-29(33-30(26)18-24)25-11-10-21(3)28(19-25)32-7-2/h7,10-13,18-20H,4-6,8-9,14-17H2,1-3H3. The number of aromatic nitrogens is 1. The van der Waals surface area contributed by atoms with E-state index in [-0.39, 0.29) is 0 Å². The highest BCUT2D eigenvalue weighted by atomic mass is 35.5. The van der Waals surface area contributed by atoms with Gasteiger partial charge < -0.3 is 9.80 Å². The lowest BCUT2D eigenvalue weighted by atomic mass is 10.0. The van der Waals surface area contributed by atoms with Gasteiger partial charge in [-0.3, -0.25) is 4.99 Å². The molecule has 5 heteroatoms. The summed E-state index contributed by atoms with van der Waals surface area (Å²) in [5.74, 6) is 0. The normalized spacial score (nSPS) is 14.2. The van der Waals surface area contributed by atoms with E-state index in [2.05, 4.69) is 78.2 Å². The highest BCUT2D eigenvalue weighted by Gasteiger charge is 2.20. The molecule has 1 aromatic heterocycles. The quantitative estimate of drug-likeness (QED) is 0.303. The Kier molecular flexibility index (Phi) is 7.92. The molecule has 4 nitrogen and oxygen atoms in total. The summed E-state index contributed by atoms with van der Waals surface area (Å²) in [6.45, 7) is 18.8. The minimum atomic E-state index is 0.697. The highest BCUT2D eigenvalue weighted by molar-refractivity contribution is 6.35. The van der Waals surface area contributed by atoms with Crippen LogP contribution in [-0.2, 0) is 0 Å². The number of piperazine rings is 1. The van der Waals surface area contributed by atoms with Gasteiger partial charge in [-0.25, -0.2) is 4.98 Å². The predicted octanol–water partition coefficient (Wildman–Crippen LogP) is 7.88. The summed E-state index contributed by atoms with van der Waals surface area (Å²) in [6.07, 6.45) is 5.31. The van der Waals surface area contributed by atoms with Gasteiger partial charge in [0.05, 0.1) is 21.9 Å². The Labute approximate surface area is 214 Å². The monoisotopic (exact) mass is 486 g/mol. The third kappa shape index (κ3) is 5.59. The van der Waals surface area contributed by atoms with Gasteiger partial charge in [0.25, 0.3) is 0 Å². The first kappa shape index (κ1) is 25.0. The fourth-order valence-corrected chi connectivity index (χ4v) is 4.84. The minimum absolute atomic E-state index is 0.697. The maximum atomic E-state index is 6.69. The van der Waals surface area contributed by atoms with Crippen LogP contribution in [0.3, 0.4) is 0 Å². The van der Waals surface area contributed by atoms with Crippen molar-refractivity contribution in [3.05, 3.63) is 77.5 Å². The number of unbranched alkanes of at least 4 members (excludes halogenated alkanes) is 1. The zero-order valence-corrected chi connectivity index (χ0v) is 21.9. The van der Waals surface area contributed by atoms with E-state index in [0.29, 0.717) is 5.02 Å². The molecule has 1 saturated heterocycles. The topological polar surface area (TPSA) is 31.7 Å². The molecule has 2 aromatic carbocycles. The molecule has 3 aromatic rings. The molecule has 0 atom stereocenters. The number of hydrogen-bond donors (Lipinski definition) is 0. The van der Waals surface area contributed by atoms with Gasteiger partial charge in [-0.1, -0.05) is 62.4 Å². The molecule has 1 aliphatic heterocycles. The molecule has 0 bridgehead atoms. The smallest absolute Gasteiger partial charge is 0.0731 e. The fourth-order valence-electron chi connectivity index (χ4n) is 4.57. The zero-order chi connectivity index (χ0) is 24.9. The second kappa shape index (κ2) is 11.1. The molecule has 0 radical (unpaired) electrons. The largest absolute Gasteiger partial charge is 0.372 e. The molecule has 1 aliphatic rings. The number of aryl methyl sites for hydroxylation is 1. The van der Waals surface area contributed by atoms with Gasteiger partial charge >= 0.3 is 0 Å². The van der Waals surface area contributed by atoms with Crippen LogP contribution in [0, 0.1) is 6.92 Å². The lowest BCUT2D eigenvalue weighted by Gasteiger charge is -2.39. The van der Waals surface area contributed by atoms with Gasteiger partial charge in [0.15, 0.2) is 0 Å². The van der Waals surface area contributed by atoms with Gasteiger partial charge in [-0.05, 0) is 56.0 Å². The van der Waals surface area contributed by atoms with Crippen molar-refractivity contribution in [1.82, 2.24) is 14.8 Å². The highest BCUT2D eigenvalue weighted by Crippen LogP contribution is 2.33. The third-order valence-electron chi connectivity index (χ3n) is 6.79. The first-order chi connectivity index (χ1) is 16.9. The van der Waals surface area contributed by atoms with Gasteiger partial charge in [0.2, 0.25) is 0 Å². The second-order valence-electron chi connectivity index (χ2n) is 9.20. The van der Waals surface area contributed by atoms with E-state index in [1.165, 1.54) is 18.5 Å². The number of pyridine rings is 1. The second-order valence-corrected chi connectivity index (χ2v) is 9.61. The molecule has 2 heterocycles. The van der Waals surface area contributed by atoms with E-state index in [4.69, 9.17) is 16.6 Å². The summed E-state index contributed by atoms with van der Waals surface area (Å²) in [5, 5.41) is 1.64. The maximum Gasteiger partial charge on any atom is 0.0731 e. The number of aliphatic imine (C=N–C) groups is 1. The predicted molar refractivity (Wildman–Crippen MR) is 152 cm³/mol. The average molecular weight is 487 g/mol. The van der Waals surface area contributed by atoms with Crippen LogP contribution in [0.2, 0.25) is 5.02 Å². The molecule has 0 saturated carbocycles. The van der Waals surface area contributed by atoms with Gasteiger partial charge in [0.1, 0.15) is 0 Å². The van der Waals surface area contributed by atoms with Crippen molar-refractivity contribution in [3.63, 3.8) is 0 Å². The van der Waals surface area contributed by atoms with Crippen molar-refractivity contribution >= 4 is 40.1 Å². The van der Waals surface area contributed by atoms with Gasteiger partial charge in [-0.2, -0.15) is 0 Å². The number of rotatable bonds is 8. The van der Waals surface area contributed by atoms with Crippen molar-refractivity contribution in [2.75, 3.05) is 26.2 Å². The Bertz CT molecular complexity index is 1270. The molecule has 0 aliphatic carbocycles. The van der Waals surface area contributed by atoms with Gasteiger partial charge in [0, 0.05) is 54.7 Å². The van der Waals surface area contributed by atoms with Crippen LogP contribution >= 0.6 is 11.6 Å². The van der Waals surface area contributed by atoms with Crippen molar-refractivity contribution in [1.29, 1.82) is 0 Å². The van der Waals surface area contributed by atoms with Crippen LogP contribution in [0.4, 0.5) is 5.69 Å². The summed E-state index contributed by atoms with van der Waals surface area (Å²) in [6, 6.07) is 14.4. The van der Waals surface area contributed by atoms with Crippen molar-refractivity contribution in [2.24, 2.45) is 4.99 Å². The van der Waals surface area contributed by atoms with Crippen LogP contribution in [0.5, 0.6) is 0 Å². The molecule has 35 heavy (non-hydrogen) atoms. The number of hydrogen-bond acceptors (Lipinski definition) is 4. The molecule has 0 unspecified atom stereocenters. The first-order valence-electron chi connectivity index (χ1n) is 12.5. The molecular formula is C30H35ClN4. The molecule has 0 N–H and O–H groups in total. The SMILES string of the molecule is C=C(CCCC)N1CCN(C(=C)c2ccc3c(Cl)cc(-c4ccc(C)c(N=CC)c4)nc3c2)CC1. The van der Waals surface area contributed by atoms with E-state index in [1.54, 1.807) is 0 Å². The van der Waals surface area contributed by atoms with Crippen LogP contribution in [0.25, 0.3) is 27.9 Å². The lowest BCUT2D eigenvalue weighted by molar-refractivity contribution is 0.209. The zero-order valence-electron chi connectivity index (χ0n) is 21.1. The first-order valence-corrected chi connectivity index (χ1v) is 12.9. The van der Waals surface area contributed by atoms with Crippen molar-refractivity contribution in [3.8, 4) is 11.3 Å². The molecule has 1 fully saturated rings. The van der Waals surface area contributed by atoms with E-state index in [9.17, 15) is 0 Å². The number of benzene rings is 2.